The number of amides is 1. The van der Waals surface area contributed by atoms with E-state index in [9.17, 15) is 4.79 Å². The number of ether oxygens (including phenoxy) is 2. The van der Waals surface area contributed by atoms with Crippen molar-refractivity contribution >= 4 is 17.5 Å². The number of nitrogens with one attached hydrogen (secondary N) is 1. The highest BCUT2D eigenvalue weighted by atomic mass is 35.5. The van der Waals surface area contributed by atoms with Crippen molar-refractivity contribution in [3.63, 3.8) is 0 Å². The van der Waals surface area contributed by atoms with Crippen molar-refractivity contribution < 1.29 is 14.3 Å². The van der Waals surface area contributed by atoms with Gasteiger partial charge in [-0.3, -0.25) is 4.79 Å². The van der Waals surface area contributed by atoms with Crippen LogP contribution in [-0.2, 0) is 0 Å². The molecule has 0 bridgehead atoms. The zero-order valence-corrected chi connectivity index (χ0v) is 14.7. The second-order valence-electron chi connectivity index (χ2n) is 6.35. The molecule has 1 aromatic rings. The van der Waals surface area contributed by atoms with E-state index in [4.69, 9.17) is 21.1 Å². The lowest BCUT2D eigenvalue weighted by molar-refractivity contribution is 0.0948. The van der Waals surface area contributed by atoms with E-state index in [-0.39, 0.29) is 5.91 Å². The predicted molar refractivity (Wildman–Crippen MR) is 94.3 cm³/mol. The number of rotatable bonds is 4. The van der Waals surface area contributed by atoms with Gasteiger partial charge in [-0.05, 0) is 38.1 Å². The fourth-order valence-electron chi connectivity index (χ4n) is 3.15. The fourth-order valence-corrected chi connectivity index (χ4v) is 3.42. The Balaban J connectivity index is 1.56. The standard InChI is InChI=1S/C18H25ClN2O3/c19-15-12-14(13-16-17(15)24-11-5-10-23-16)18(22)20-6-9-21-7-3-1-2-4-8-21/h12-13H,1-11H2,(H,20,22). The molecular weight excluding hydrogens is 328 g/mol. The number of benzene rings is 1. The Bertz CT molecular complexity index is 572. The molecule has 0 aliphatic carbocycles. The molecule has 0 saturated carbocycles. The first-order chi connectivity index (χ1) is 11.7. The molecular formula is C18H25ClN2O3. The van der Waals surface area contributed by atoms with Gasteiger partial charge in [0.1, 0.15) is 0 Å². The highest BCUT2D eigenvalue weighted by Crippen LogP contribution is 2.37. The van der Waals surface area contributed by atoms with E-state index in [1.54, 1.807) is 12.1 Å². The number of fused-ring (bicyclic) bond motifs is 1. The highest BCUT2D eigenvalue weighted by Gasteiger charge is 2.18. The Labute approximate surface area is 148 Å². The van der Waals surface area contributed by atoms with Gasteiger partial charge < -0.3 is 19.7 Å². The van der Waals surface area contributed by atoms with Gasteiger partial charge in [0.15, 0.2) is 11.5 Å². The number of carbonyl (C=O) groups excluding carboxylic acids is 1. The van der Waals surface area contributed by atoms with Crippen LogP contribution in [0.25, 0.3) is 0 Å². The molecule has 0 atom stereocenters. The van der Waals surface area contributed by atoms with Crippen LogP contribution in [-0.4, -0.2) is 50.2 Å². The molecule has 24 heavy (non-hydrogen) atoms. The smallest absolute Gasteiger partial charge is 0.251 e. The molecule has 1 saturated heterocycles. The van der Waals surface area contributed by atoms with Crippen LogP contribution in [0.4, 0.5) is 0 Å². The molecule has 0 unspecified atom stereocenters. The minimum atomic E-state index is -0.123. The molecule has 2 heterocycles. The molecule has 0 spiro atoms. The first kappa shape index (κ1) is 17.4. The number of hydrogen-bond acceptors (Lipinski definition) is 4. The summed E-state index contributed by atoms with van der Waals surface area (Å²) in [6.07, 6.45) is 5.96. The molecule has 6 heteroatoms. The number of hydrogen-bond donors (Lipinski definition) is 1. The molecule has 5 nitrogen and oxygen atoms in total. The van der Waals surface area contributed by atoms with Crippen molar-refractivity contribution in [3.8, 4) is 11.5 Å². The van der Waals surface area contributed by atoms with Gasteiger partial charge in [0, 0.05) is 25.1 Å². The summed E-state index contributed by atoms with van der Waals surface area (Å²) in [5.74, 6) is 0.968. The van der Waals surface area contributed by atoms with Gasteiger partial charge in [-0.2, -0.15) is 0 Å². The van der Waals surface area contributed by atoms with Crippen LogP contribution in [0.3, 0.4) is 0 Å². The predicted octanol–water partition coefficient (Wildman–Crippen LogP) is 3.11. The zero-order chi connectivity index (χ0) is 16.8. The second-order valence-corrected chi connectivity index (χ2v) is 6.75. The van der Waals surface area contributed by atoms with Crippen LogP contribution in [0, 0.1) is 0 Å². The van der Waals surface area contributed by atoms with Crippen molar-refractivity contribution in [1.82, 2.24) is 10.2 Å². The Morgan fingerprint density at radius 1 is 1.08 bits per heavy atom. The SMILES string of the molecule is O=C(NCCN1CCCCCC1)c1cc(Cl)c2c(c1)OCCCO2. The van der Waals surface area contributed by atoms with E-state index >= 15 is 0 Å². The molecule has 1 N–H and O–H groups in total. The maximum absolute atomic E-state index is 12.4. The Morgan fingerprint density at radius 2 is 1.83 bits per heavy atom. The summed E-state index contributed by atoms with van der Waals surface area (Å²) in [4.78, 5) is 14.8. The summed E-state index contributed by atoms with van der Waals surface area (Å²) in [7, 11) is 0. The van der Waals surface area contributed by atoms with Gasteiger partial charge in [0.2, 0.25) is 0 Å². The lowest BCUT2D eigenvalue weighted by Gasteiger charge is -2.19. The van der Waals surface area contributed by atoms with E-state index in [0.29, 0.717) is 41.8 Å². The molecule has 132 valence electrons. The maximum atomic E-state index is 12.4. The molecule has 2 aliphatic heterocycles. The van der Waals surface area contributed by atoms with Crippen LogP contribution >= 0.6 is 11.6 Å². The van der Waals surface area contributed by atoms with Crippen molar-refractivity contribution in [2.45, 2.75) is 32.1 Å². The van der Waals surface area contributed by atoms with Gasteiger partial charge in [-0.25, -0.2) is 0 Å². The molecule has 1 fully saturated rings. The van der Waals surface area contributed by atoms with E-state index in [1.807, 2.05) is 0 Å². The van der Waals surface area contributed by atoms with Crippen LogP contribution in [0.15, 0.2) is 12.1 Å². The molecule has 1 amide bonds. The van der Waals surface area contributed by atoms with E-state index in [0.717, 1.165) is 26.1 Å². The van der Waals surface area contributed by atoms with Gasteiger partial charge in [-0.15, -0.1) is 0 Å². The Kier molecular flexibility index (Phi) is 6.21. The van der Waals surface area contributed by atoms with Crippen LogP contribution in [0.1, 0.15) is 42.5 Å². The second kappa shape index (κ2) is 8.58. The van der Waals surface area contributed by atoms with E-state index in [2.05, 4.69) is 10.2 Å². The lowest BCUT2D eigenvalue weighted by atomic mass is 10.2. The first-order valence-electron chi connectivity index (χ1n) is 8.84. The Hall–Kier alpha value is -1.46. The molecule has 2 aliphatic rings. The van der Waals surface area contributed by atoms with Crippen LogP contribution in [0.2, 0.25) is 5.02 Å². The van der Waals surface area contributed by atoms with Crippen molar-refractivity contribution in [3.05, 3.63) is 22.7 Å². The quantitative estimate of drug-likeness (QED) is 0.904. The third kappa shape index (κ3) is 4.54. The fraction of sp³-hybridized carbons (Fsp3) is 0.611. The van der Waals surface area contributed by atoms with Gasteiger partial charge in [0.25, 0.3) is 5.91 Å². The number of nitrogens with zero attached hydrogens (tertiary/aromatic N) is 1. The largest absolute Gasteiger partial charge is 0.489 e. The zero-order valence-electron chi connectivity index (χ0n) is 14.0. The third-order valence-electron chi connectivity index (χ3n) is 4.48. The molecule has 0 radical (unpaired) electrons. The number of carbonyl (C=O) groups is 1. The minimum absolute atomic E-state index is 0.123. The van der Waals surface area contributed by atoms with Gasteiger partial charge >= 0.3 is 0 Å². The van der Waals surface area contributed by atoms with Crippen molar-refractivity contribution in [2.75, 3.05) is 39.4 Å². The lowest BCUT2D eigenvalue weighted by Crippen LogP contribution is -2.35. The van der Waals surface area contributed by atoms with Crippen molar-refractivity contribution in [2.24, 2.45) is 0 Å². The molecule has 0 aromatic heterocycles. The maximum Gasteiger partial charge on any atom is 0.251 e. The third-order valence-corrected chi connectivity index (χ3v) is 4.76. The van der Waals surface area contributed by atoms with Gasteiger partial charge in [0.05, 0.1) is 18.2 Å². The summed E-state index contributed by atoms with van der Waals surface area (Å²) in [5, 5.41) is 3.40. The summed E-state index contributed by atoms with van der Waals surface area (Å²) in [6.45, 7) is 4.95. The molecule has 3 rings (SSSR count). The Morgan fingerprint density at radius 3 is 2.62 bits per heavy atom. The highest BCUT2D eigenvalue weighted by molar-refractivity contribution is 6.32. The van der Waals surface area contributed by atoms with E-state index in [1.165, 1.54) is 25.7 Å². The number of likely N-dealkylation sites (tertiary alicyclic amines) is 1. The first-order valence-corrected chi connectivity index (χ1v) is 9.21. The average Bonchev–Trinajstić information content (AvgIpc) is 2.97. The van der Waals surface area contributed by atoms with Crippen LogP contribution < -0.4 is 14.8 Å². The summed E-state index contributed by atoms with van der Waals surface area (Å²) >= 11 is 6.24. The summed E-state index contributed by atoms with van der Waals surface area (Å²) in [5.41, 5.74) is 0.514. The van der Waals surface area contributed by atoms with Gasteiger partial charge in [-0.1, -0.05) is 24.4 Å². The molecule has 1 aromatic carbocycles. The topological polar surface area (TPSA) is 50.8 Å². The summed E-state index contributed by atoms with van der Waals surface area (Å²) in [6, 6.07) is 3.37. The normalized spacial score (nSPS) is 18.5. The number of halogens is 1. The minimum Gasteiger partial charge on any atom is -0.489 e. The van der Waals surface area contributed by atoms with Crippen LogP contribution in [0.5, 0.6) is 11.5 Å². The van der Waals surface area contributed by atoms with E-state index < -0.39 is 0 Å². The van der Waals surface area contributed by atoms with Crippen molar-refractivity contribution in [1.29, 1.82) is 0 Å². The average molecular weight is 353 g/mol. The summed E-state index contributed by atoms with van der Waals surface area (Å²) < 4.78 is 11.2. The monoisotopic (exact) mass is 352 g/mol.